The molecule has 0 aliphatic carbocycles. The van der Waals surface area contributed by atoms with E-state index in [1.165, 1.54) is 21.0 Å². The van der Waals surface area contributed by atoms with Gasteiger partial charge in [0.05, 0.1) is 17.2 Å². The van der Waals surface area contributed by atoms with Crippen molar-refractivity contribution < 1.29 is 29.6 Å². The second-order valence-electron chi connectivity index (χ2n) is 6.11. The molecule has 28 heavy (non-hydrogen) atoms. The maximum Gasteiger partial charge on any atom is 0.341 e. The third kappa shape index (κ3) is 3.57. The zero-order valence-electron chi connectivity index (χ0n) is 16.0. The van der Waals surface area contributed by atoms with E-state index in [0.29, 0.717) is 5.57 Å². The van der Waals surface area contributed by atoms with E-state index in [1.54, 1.807) is 19.9 Å². The van der Waals surface area contributed by atoms with Crippen molar-refractivity contribution in [2.24, 2.45) is 0 Å². The Balaban J connectivity index is 2.85. The van der Waals surface area contributed by atoms with Crippen molar-refractivity contribution in [2.75, 3.05) is 7.11 Å². The molecule has 3 N–H and O–H groups in total. The number of benzene rings is 2. The number of halogens is 2. The van der Waals surface area contributed by atoms with Crippen molar-refractivity contribution in [3.8, 4) is 28.7 Å². The lowest BCUT2D eigenvalue weighted by atomic mass is 10.0. The first kappa shape index (κ1) is 21.7. The highest BCUT2D eigenvalue weighted by Gasteiger charge is 2.27. The Bertz CT molecular complexity index is 995. The number of allylic oxidation sites excluding steroid dienone is 2. The molecule has 2 aromatic carbocycles. The first-order valence-electron chi connectivity index (χ1n) is 8.22. The molecule has 0 heterocycles. The fraction of sp³-hybridized carbons (Fsp3) is 0.250. The van der Waals surface area contributed by atoms with E-state index in [4.69, 9.17) is 32.7 Å². The quantitative estimate of drug-likeness (QED) is 0.540. The van der Waals surface area contributed by atoms with Crippen molar-refractivity contribution in [1.29, 1.82) is 0 Å². The minimum Gasteiger partial charge on any atom is -0.506 e. The number of aromatic hydroxyl groups is 3. The Labute approximate surface area is 172 Å². The van der Waals surface area contributed by atoms with Crippen LogP contribution >= 0.6 is 23.2 Å². The van der Waals surface area contributed by atoms with Crippen LogP contribution in [0.4, 0.5) is 0 Å². The Hall–Kier alpha value is -2.57. The predicted octanol–water partition coefficient (Wildman–Crippen LogP) is 5.73. The third-order valence-corrected chi connectivity index (χ3v) is 5.30. The van der Waals surface area contributed by atoms with Gasteiger partial charge in [-0.3, -0.25) is 0 Å². The van der Waals surface area contributed by atoms with Crippen LogP contribution in [0.3, 0.4) is 0 Å². The van der Waals surface area contributed by atoms with Crippen molar-refractivity contribution >= 4 is 34.7 Å². The summed E-state index contributed by atoms with van der Waals surface area (Å²) in [5, 5.41) is 30.8. The number of carbonyl (C=O) groups is 1. The number of carbonyl (C=O) groups excluding carboxylic acids is 1. The SMILES string of the molecule is CC=C(C)c1c(Cl)c(O)c(C)c(O)c1Oc1cc(O)c(Cl)c(C)c1C(=O)OC. The molecule has 150 valence electrons. The van der Waals surface area contributed by atoms with E-state index in [-0.39, 0.29) is 61.0 Å². The number of ether oxygens (including phenoxy) is 2. The van der Waals surface area contributed by atoms with Gasteiger partial charge in [0.15, 0.2) is 11.5 Å². The molecule has 0 aromatic heterocycles. The number of phenols is 3. The summed E-state index contributed by atoms with van der Waals surface area (Å²) in [5.41, 5.74) is 1.18. The van der Waals surface area contributed by atoms with Gasteiger partial charge in [-0.15, -0.1) is 0 Å². The van der Waals surface area contributed by atoms with Crippen molar-refractivity contribution in [3.05, 3.63) is 44.4 Å². The topological polar surface area (TPSA) is 96.2 Å². The van der Waals surface area contributed by atoms with E-state index < -0.39 is 5.97 Å². The van der Waals surface area contributed by atoms with Gasteiger partial charge in [0.2, 0.25) is 0 Å². The van der Waals surface area contributed by atoms with Gasteiger partial charge < -0.3 is 24.8 Å². The Morgan fingerprint density at radius 2 is 1.64 bits per heavy atom. The summed E-state index contributed by atoms with van der Waals surface area (Å²) in [6, 6.07) is 1.14. The fourth-order valence-corrected chi connectivity index (χ4v) is 3.20. The standard InChI is InChI=1S/C20H20Cl2O6/c1-6-8(2)13-16(22)17(24)10(4)18(25)19(13)28-12-7-11(23)15(21)9(3)14(12)20(26)27-5/h6-7,23-25H,1-5H3. The molecule has 2 rings (SSSR count). The molecule has 0 radical (unpaired) electrons. The number of rotatable bonds is 4. The van der Waals surface area contributed by atoms with Gasteiger partial charge in [-0.25, -0.2) is 4.79 Å². The minimum atomic E-state index is -0.736. The average molecular weight is 427 g/mol. The number of esters is 1. The van der Waals surface area contributed by atoms with Gasteiger partial charge in [-0.05, 0) is 38.8 Å². The summed E-state index contributed by atoms with van der Waals surface area (Å²) >= 11 is 12.3. The zero-order valence-corrected chi connectivity index (χ0v) is 17.5. The zero-order chi connectivity index (χ0) is 21.3. The lowest BCUT2D eigenvalue weighted by molar-refractivity contribution is 0.0597. The molecule has 0 spiro atoms. The first-order chi connectivity index (χ1) is 13.1. The molecule has 0 fully saturated rings. The monoisotopic (exact) mass is 426 g/mol. The van der Waals surface area contributed by atoms with Crippen LogP contribution in [0.25, 0.3) is 5.57 Å². The lowest BCUT2D eigenvalue weighted by Crippen LogP contribution is -2.07. The molecule has 0 amide bonds. The van der Waals surface area contributed by atoms with Crippen LogP contribution in [-0.2, 0) is 4.74 Å². The molecule has 0 aliphatic rings. The van der Waals surface area contributed by atoms with Crippen LogP contribution in [0, 0.1) is 13.8 Å². The van der Waals surface area contributed by atoms with E-state index in [9.17, 15) is 20.1 Å². The molecule has 8 heteroatoms. The summed E-state index contributed by atoms with van der Waals surface area (Å²) in [6.07, 6.45) is 1.72. The molecule has 6 nitrogen and oxygen atoms in total. The molecular formula is C20H20Cl2O6. The number of hydrogen-bond acceptors (Lipinski definition) is 6. The van der Waals surface area contributed by atoms with E-state index in [0.717, 1.165) is 6.07 Å². The van der Waals surface area contributed by atoms with E-state index in [2.05, 4.69) is 0 Å². The van der Waals surface area contributed by atoms with Gasteiger partial charge in [-0.2, -0.15) is 0 Å². The second kappa shape index (κ2) is 8.20. The van der Waals surface area contributed by atoms with Gasteiger partial charge in [-0.1, -0.05) is 29.3 Å². The van der Waals surface area contributed by atoms with Crippen LogP contribution in [0.5, 0.6) is 28.7 Å². The predicted molar refractivity (Wildman–Crippen MR) is 108 cm³/mol. The Morgan fingerprint density at radius 3 is 2.18 bits per heavy atom. The maximum atomic E-state index is 12.3. The van der Waals surface area contributed by atoms with Crippen LogP contribution in [0.2, 0.25) is 10.0 Å². The smallest absolute Gasteiger partial charge is 0.341 e. The summed E-state index contributed by atoms with van der Waals surface area (Å²) in [5.74, 6) is -1.87. The summed E-state index contributed by atoms with van der Waals surface area (Å²) in [6.45, 7) is 6.45. The van der Waals surface area contributed by atoms with Crippen LogP contribution < -0.4 is 4.74 Å². The third-order valence-electron chi connectivity index (χ3n) is 4.45. The van der Waals surface area contributed by atoms with E-state index >= 15 is 0 Å². The van der Waals surface area contributed by atoms with Gasteiger partial charge in [0, 0.05) is 17.2 Å². The van der Waals surface area contributed by atoms with Crippen LogP contribution in [-0.4, -0.2) is 28.4 Å². The lowest BCUT2D eigenvalue weighted by Gasteiger charge is -2.20. The summed E-state index contributed by atoms with van der Waals surface area (Å²) < 4.78 is 10.6. The van der Waals surface area contributed by atoms with Crippen LogP contribution in [0.15, 0.2) is 12.1 Å². The van der Waals surface area contributed by atoms with Gasteiger partial charge in [0.25, 0.3) is 0 Å². The molecule has 0 aliphatic heterocycles. The van der Waals surface area contributed by atoms with Gasteiger partial charge in [0.1, 0.15) is 22.8 Å². The molecule has 0 saturated carbocycles. The highest BCUT2D eigenvalue weighted by atomic mass is 35.5. The average Bonchev–Trinajstić information content (AvgIpc) is 2.67. The summed E-state index contributed by atoms with van der Waals surface area (Å²) in [7, 11) is 1.20. The van der Waals surface area contributed by atoms with Crippen molar-refractivity contribution in [3.63, 3.8) is 0 Å². The Morgan fingerprint density at radius 1 is 1.04 bits per heavy atom. The molecule has 0 saturated heterocycles. The largest absolute Gasteiger partial charge is 0.506 e. The molecular weight excluding hydrogens is 407 g/mol. The molecule has 0 bridgehead atoms. The minimum absolute atomic E-state index is 0.0179. The molecule has 2 aromatic rings. The summed E-state index contributed by atoms with van der Waals surface area (Å²) in [4.78, 5) is 12.3. The maximum absolute atomic E-state index is 12.3. The molecule has 0 atom stereocenters. The first-order valence-corrected chi connectivity index (χ1v) is 8.97. The normalized spacial score (nSPS) is 11.5. The van der Waals surface area contributed by atoms with Crippen LogP contribution in [0.1, 0.15) is 40.9 Å². The van der Waals surface area contributed by atoms with Crippen molar-refractivity contribution in [1.82, 2.24) is 0 Å². The second-order valence-corrected chi connectivity index (χ2v) is 6.87. The Kier molecular flexibility index (Phi) is 6.37. The van der Waals surface area contributed by atoms with Crippen molar-refractivity contribution in [2.45, 2.75) is 27.7 Å². The number of phenolic OH excluding ortho intramolecular Hbond substituents is 3. The highest BCUT2D eigenvalue weighted by molar-refractivity contribution is 6.34. The van der Waals surface area contributed by atoms with E-state index in [1.807, 2.05) is 0 Å². The number of hydrogen-bond donors (Lipinski definition) is 3. The van der Waals surface area contributed by atoms with Gasteiger partial charge >= 0.3 is 5.97 Å². The highest BCUT2D eigenvalue weighted by Crippen LogP contribution is 2.50. The molecule has 0 unspecified atom stereocenters. The fourth-order valence-electron chi connectivity index (χ4n) is 2.67. The number of methoxy groups -OCH3 is 1.